The number of hydrogen-bond donors (Lipinski definition) is 1. The summed E-state index contributed by atoms with van der Waals surface area (Å²) in [4.78, 5) is 2.49. The summed E-state index contributed by atoms with van der Waals surface area (Å²) in [6.07, 6.45) is 4.83. The van der Waals surface area contributed by atoms with Gasteiger partial charge in [0.1, 0.15) is 0 Å². The minimum Gasteiger partial charge on any atom is -0.381 e. The molecule has 0 atom stereocenters. The molecule has 2 fully saturated rings. The Morgan fingerprint density at radius 2 is 2.00 bits per heavy atom. The fraction of sp³-hybridized carbons (Fsp3) is 1.00. The van der Waals surface area contributed by atoms with Crippen molar-refractivity contribution in [3.8, 4) is 0 Å². The van der Waals surface area contributed by atoms with Crippen molar-refractivity contribution in [2.75, 3.05) is 33.9 Å². The van der Waals surface area contributed by atoms with Gasteiger partial charge >= 0.3 is 0 Å². The summed E-state index contributed by atoms with van der Waals surface area (Å²) < 4.78 is 10.8. The Hall–Kier alpha value is -0.160. The highest BCUT2D eigenvalue weighted by Gasteiger charge is 2.48. The Balaban J connectivity index is 1.93. The second kappa shape index (κ2) is 5.00. The van der Waals surface area contributed by atoms with Gasteiger partial charge in [-0.05, 0) is 32.7 Å². The van der Waals surface area contributed by atoms with Crippen molar-refractivity contribution in [3.05, 3.63) is 0 Å². The van der Waals surface area contributed by atoms with Crippen molar-refractivity contribution in [2.45, 2.75) is 43.4 Å². The van der Waals surface area contributed by atoms with Crippen molar-refractivity contribution in [1.29, 1.82) is 0 Å². The van der Waals surface area contributed by atoms with Crippen LogP contribution in [0.4, 0.5) is 0 Å². The fourth-order valence-corrected chi connectivity index (χ4v) is 3.01. The van der Waals surface area contributed by atoms with Crippen LogP contribution in [-0.4, -0.2) is 56.5 Å². The third kappa shape index (κ3) is 2.12. The van der Waals surface area contributed by atoms with Gasteiger partial charge in [0.2, 0.25) is 0 Å². The zero-order valence-corrected chi connectivity index (χ0v) is 10.4. The second-order valence-electron chi connectivity index (χ2n) is 5.15. The number of methoxy groups -OCH3 is 1. The summed E-state index contributed by atoms with van der Waals surface area (Å²) >= 11 is 0. The molecule has 0 bridgehead atoms. The van der Waals surface area contributed by atoms with Crippen molar-refractivity contribution in [3.63, 3.8) is 0 Å². The topological polar surface area (TPSA) is 47.7 Å². The van der Waals surface area contributed by atoms with E-state index in [1.54, 1.807) is 7.11 Å². The summed E-state index contributed by atoms with van der Waals surface area (Å²) in [5.41, 5.74) is 6.15. The quantitative estimate of drug-likeness (QED) is 0.765. The van der Waals surface area contributed by atoms with Crippen LogP contribution in [0.15, 0.2) is 0 Å². The molecule has 94 valence electrons. The van der Waals surface area contributed by atoms with Gasteiger partial charge < -0.3 is 15.2 Å². The largest absolute Gasteiger partial charge is 0.381 e. The lowest BCUT2D eigenvalue weighted by atomic mass is 9.72. The summed E-state index contributed by atoms with van der Waals surface area (Å²) in [6.45, 7) is 2.52. The highest BCUT2D eigenvalue weighted by molar-refractivity contribution is 5.05. The lowest BCUT2D eigenvalue weighted by Crippen LogP contribution is -2.65. The summed E-state index contributed by atoms with van der Waals surface area (Å²) in [5, 5.41) is 0. The Labute approximate surface area is 98.1 Å². The monoisotopic (exact) mass is 228 g/mol. The normalized spacial score (nSPS) is 36.4. The third-order valence-electron chi connectivity index (χ3n) is 4.42. The van der Waals surface area contributed by atoms with Crippen LogP contribution in [0.25, 0.3) is 0 Å². The van der Waals surface area contributed by atoms with Crippen LogP contribution in [0, 0.1) is 0 Å². The van der Waals surface area contributed by atoms with Crippen molar-refractivity contribution in [1.82, 2.24) is 4.90 Å². The summed E-state index contributed by atoms with van der Waals surface area (Å²) in [7, 11) is 4.01. The zero-order valence-electron chi connectivity index (χ0n) is 10.4. The van der Waals surface area contributed by atoms with Crippen molar-refractivity contribution >= 4 is 0 Å². The third-order valence-corrected chi connectivity index (χ3v) is 4.42. The molecule has 0 aromatic carbocycles. The smallest absolute Gasteiger partial charge is 0.0607 e. The first kappa shape index (κ1) is 12.3. The highest BCUT2D eigenvalue weighted by Crippen LogP contribution is 2.40. The SMILES string of the molecule is COC1CC(CN)(N(C)C2CCOCC2)C1. The first-order valence-corrected chi connectivity index (χ1v) is 6.25. The maximum atomic E-state index is 5.96. The van der Waals surface area contributed by atoms with Crippen molar-refractivity contribution < 1.29 is 9.47 Å². The standard InChI is InChI=1S/C12H24N2O2/c1-14(10-3-5-16-6-4-10)12(9-13)7-11(8-12)15-2/h10-11H,3-9,13H2,1-2H3. The number of ether oxygens (including phenoxy) is 2. The molecule has 1 saturated heterocycles. The molecular formula is C12H24N2O2. The molecule has 1 heterocycles. The van der Waals surface area contributed by atoms with Gasteiger partial charge in [-0.25, -0.2) is 0 Å². The second-order valence-corrected chi connectivity index (χ2v) is 5.15. The Morgan fingerprint density at radius 1 is 1.38 bits per heavy atom. The maximum Gasteiger partial charge on any atom is 0.0607 e. The Bertz CT molecular complexity index is 223. The average molecular weight is 228 g/mol. The highest BCUT2D eigenvalue weighted by atomic mass is 16.5. The molecule has 1 aliphatic carbocycles. The average Bonchev–Trinajstić information content (AvgIpc) is 2.30. The molecule has 4 nitrogen and oxygen atoms in total. The molecule has 0 spiro atoms. The zero-order chi connectivity index (χ0) is 11.6. The molecule has 2 N–H and O–H groups in total. The van der Waals surface area contributed by atoms with E-state index in [-0.39, 0.29) is 5.54 Å². The van der Waals surface area contributed by atoms with Gasteiger partial charge in [-0.1, -0.05) is 0 Å². The van der Waals surface area contributed by atoms with Gasteiger partial charge in [0, 0.05) is 38.4 Å². The van der Waals surface area contributed by atoms with Crippen LogP contribution in [0.1, 0.15) is 25.7 Å². The van der Waals surface area contributed by atoms with Crippen LogP contribution >= 0.6 is 0 Å². The molecule has 2 aliphatic rings. The van der Waals surface area contributed by atoms with Crippen LogP contribution in [0.5, 0.6) is 0 Å². The van der Waals surface area contributed by atoms with Gasteiger partial charge in [-0.3, -0.25) is 4.90 Å². The van der Waals surface area contributed by atoms with Crippen LogP contribution in [0.2, 0.25) is 0 Å². The molecule has 0 aromatic rings. The Morgan fingerprint density at radius 3 is 2.50 bits per heavy atom. The van der Waals surface area contributed by atoms with Gasteiger partial charge in [-0.2, -0.15) is 0 Å². The molecule has 0 amide bonds. The van der Waals surface area contributed by atoms with E-state index in [1.165, 1.54) is 0 Å². The van der Waals surface area contributed by atoms with Crippen LogP contribution in [-0.2, 0) is 9.47 Å². The molecule has 0 unspecified atom stereocenters. The van der Waals surface area contributed by atoms with E-state index in [1.807, 2.05) is 0 Å². The van der Waals surface area contributed by atoms with E-state index in [0.29, 0.717) is 12.1 Å². The van der Waals surface area contributed by atoms with Gasteiger partial charge in [0.25, 0.3) is 0 Å². The first-order valence-electron chi connectivity index (χ1n) is 6.25. The number of rotatable bonds is 4. The van der Waals surface area contributed by atoms with Crippen LogP contribution < -0.4 is 5.73 Å². The van der Waals surface area contributed by atoms with E-state index in [9.17, 15) is 0 Å². The fourth-order valence-electron chi connectivity index (χ4n) is 3.01. The summed E-state index contributed by atoms with van der Waals surface area (Å²) in [5.74, 6) is 0. The molecule has 16 heavy (non-hydrogen) atoms. The number of nitrogens with two attached hydrogens (primary N) is 1. The predicted octanol–water partition coefficient (Wildman–Crippen LogP) is 0.603. The first-order chi connectivity index (χ1) is 7.72. The number of hydrogen-bond acceptors (Lipinski definition) is 4. The molecule has 2 rings (SSSR count). The van der Waals surface area contributed by atoms with Crippen LogP contribution in [0.3, 0.4) is 0 Å². The molecular weight excluding hydrogens is 204 g/mol. The number of likely N-dealkylation sites (N-methyl/N-ethyl adjacent to an activating group) is 1. The number of nitrogens with zero attached hydrogens (tertiary/aromatic N) is 1. The lowest BCUT2D eigenvalue weighted by Gasteiger charge is -2.55. The van der Waals surface area contributed by atoms with Crippen molar-refractivity contribution in [2.24, 2.45) is 5.73 Å². The lowest BCUT2D eigenvalue weighted by molar-refractivity contribution is -0.104. The van der Waals surface area contributed by atoms with E-state index in [0.717, 1.165) is 45.4 Å². The van der Waals surface area contributed by atoms with E-state index < -0.39 is 0 Å². The van der Waals surface area contributed by atoms with Gasteiger partial charge in [0.05, 0.1) is 6.10 Å². The molecule has 4 heteroatoms. The minimum absolute atomic E-state index is 0.183. The van der Waals surface area contributed by atoms with E-state index in [4.69, 9.17) is 15.2 Å². The van der Waals surface area contributed by atoms with E-state index >= 15 is 0 Å². The molecule has 1 saturated carbocycles. The van der Waals surface area contributed by atoms with Gasteiger partial charge in [0.15, 0.2) is 0 Å². The maximum absolute atomic E-state index is 5.96. The molecule has 0 radical (unpaired) electrons. The predicted molar refractivity (Wildman–Crippen MR) is 63.4 cm³/mol. The van der Waals surface area contributed by atoms with E-state index in [2.05, 4.69) is 11.9 Å². The summed E-state index contributed by atoms with van der Waals surface area (Å²) in [6, 6.07) is 0.634. The molecule has 1 aliphatic heterocycles. The molecule has 0 aromatic heterocycles. The van der Waals surface area contributed by atoms with Gasteiger partial charge in [-0.15, -0.1) is 0 Å². The minimum atomic E-state index is 0.183. The Kier molecular flexibility index (Phi) is 3.85.